The number of benzene rings is 2. The second-order valence-corrected chi connectivity index (χ2v) is 7.68. The summed E-state index contributed by atoms with van der Waals surface area (Å²) in [6.07, 6.45) is 0.506. The van der Waals surface area contributed by atoms with Crippen LogP contribution in [0.4, 0.5) is 11.5 Å². The molecule has 3 aromatic rings. The number of carbonyl (C=O) groups excluding carboxylic acids is 2. The lowest BCUT2D eigenvalue weighted by atomic mass is 9.97. The highest BCUT2D eigenvalue weighted by Crippen LogP contribution is 2.22. The van der Waals surface area contributed by atoms with Crippen molar-refractivity contribution in [2.75, 3.05) is 23.8 Å². The van der Waals surface area contributed by atoms with E-state index in [4.69, 9.17) is 10.5 Å². The molecule has 178 valence electrons. The highest BCUT2D eigenvalue weighted by molar-refractivity contribution is 5.97. The predicted octanol–water partition coefficient (Wildman–Crippen LogP) is 2.26. The summed E-state index contributed by atoms with van der Waals surface area (Å²) in [5.74, 6) is -1.81. The molecule has 0 aliphatic heterocycles. The van der Waals surface area contributed by atoms with Gasteiger partial charge in [-0.3, -0.25) is 23.9 Å². The first kappa shape index (κ1) is 24.5. The van der Waals surface area contributed by atoms with Crippen molar-refractivity contribution in [2.45, 2.75) is 32.7 Å². The topological polar surface area (TPSA) is 127 Å². The third-order valence-corrected chi connectivity index (χ3v) is 5.52. The Balaban J connectivity index is 1.82. The van der Waals surface area contributed by atoms with Crippen LogP contribution < -0.4 is 21.9 Å². The third kappa shape index (κ3) is 5.43. The van der Waals surface area contributed by atoms with E-state index >= 15 is 0 Å². The number of rotatable bonds is 9. The first-order valence-corrected chi connectivity index (χ1v) is 11.1. The van der Waals surface area contributed by atoms with E-state index in [-0.39, 0.29) is 24.6 Å². The normalized spacial score (nSPS) is 11.6. The van der Waals surface area contributed by atoms with Crippen molar-refractivity contribution >= 4 is 23.4 Å². The molecule has 0 bridgehead atoms. The van der Waals surface area contributed by atoms with Gasteiger partial charge in [-0.05, 0) is 24.5 Å². The second kappa shape index (κ2) is 11.1. The summed E-state index contributed by atoms with van der Waals surface area (Å²) < 4.78 is 6.48. The summed E-state index contributed by atoms with van der Waals surface area (Å²) in [7, 11) is 0. The fourth-order valence-corrected chi connectivity index (χ4v) is 3.76. The Kier molecular flexibility index (Phi) is 8.02. The summed E-state index contributed by atoms with van der Waals surface area (Å²) in [4.78, 5) is 53.9. The summed E-state index contributed by atoms with van der Waals surface area (Å²) in [6.45, 7) is 3.15. The maximum atomic E-state index is 12.9. The standard InChI is InChI=1S/C25H28N4O5/c1-3-19(18-13-9-6-10-14-18)24(32)34-16-20(30)28(4-2)21-22(26)29(25(33)27-23(21)31)15-17-11-7-5-8-12-17/h5-14,19H,3-4,15-16,26H2,1-2H3,(H,27,31,33)/t19-/m1/s1. The minimum absolute atomic E-state index is 0.0864. The van der Waals surface area contributed by atoms with Crippen molar-refractivity contribution in [3.8, 4) is 0 Å². The van der Waals surface area contributed by atoms with E-state index in [1.54, 1.807) is 6.92 Å². The molecule has 1 aromatic heterocycles. The third-order valence-electron chi connectivity index (χ3n) is 5.52. The molecular weight excluding hydrogens is 436 g/mol. The number of anilines is 2. The van der Waals surface area contributed by atoms with E-state index in [0.29, 0.717) is 6.42 Å². The van der Waals surface area contributed by atoms with Gasteiger partial charge < -0.3 is 15.4 Å². The lowest BCUT2D eigenvalue weighted by Gasteiger charge is -2.23. The van der Waals surface area contributed by atoms with Crippen LogP contribution in [-0.2, 0) is 20.9 Å². The number of nitrogens with one attached hydrogen (secondary N) is 1. The number of hydrogen-bond donors (Lipinski definition) is 2. The molecule has 0 saturated heterocycles. The van der Waals surface area contributed by atoms with Gasteiger partial charge in [0.1, 0.15) is 5.82 Å². The largest absolute Gasteiger partial charge is 0.455 e. The number of amides is 1. The van der Waals surface area contributed by atoms with Crippen LogP contribution in [0.2, 0.25) is 0 Å². The summed E-state index contributed by atoms with van der Waals surface area (Å²) in [5.41, 5.74) is 6.15. The van der Waals surface area contributed by atoms with Crippen molar-refractivity contribution in [1.29, 1.82) is 0 Å². The van der Waals surface area contributed by atoms with Gasteiger partial charge in [0.15, 0.2) is 12.3 Å². The van der Waals surface area contributed by atoms with Crippen LogP contribution in [0.3, 0.4) is 0 Å². The Labute approximate surface area is 196 Å². The van der Waals surface area contributed by atoms with Gasteiger partial charge in [0, 0.05) is 6.54 Å². The van der Waals surface area contributed by atoms with Gasteiger partial charge >= 0.3 is 11.7 Å². The first-order valence-electron chi connectivity index (χ1n) is 11.1. The Morgan fingerprint density at radius 2 is 1.65 bits per heavy atom. The molecule has 3 N–H and O–H groups in total. The van der Waals surface area contributed by atoms with Crippen molar-refractivity contribution in [1.82, 2.24) is 9.55 Å². The highest BCUT2D eigenvalue weighted by Gasteiger charge is 2.26. The Hall–Kier alpha value is -4.14. The number of nitrogens with zero attached hydrogens (tertiary/aromatic N) is 2. The molecule has 3 rings (SSSR count). The molecular formula is C25H28N4O5. The monoisotopic (exact) mass is 464 g/mol. The number of nitrogen functional groups attached to an aromatic ring is 1. The molecule has 0 unspecified atom stereocenters. The molecule has 2 aromatic carbocycles. The van der Waals surface area contributed by atoms with Gasteiger partial charge in [-0.2, -0.15) is 0 Å². The average Bonchev–Trinajstić information content (AvgIpc) is 2.84. The molecule has 34 heavy (non-hydrogen) atoms. The van der Waals surface area contributed by atoms with Gasteiger partial charge in [0.25, 0.3) is 11.5 Å². The van der Waals surface area contributed by atoms with Crippen LogP contribution in [0.15, 0.2) is 70.3 Å². The molecule has 9 heteroatoms. The van der Waals surface area contributed by atoms with E-state index < -0.39 is 35.7 Å². The second-order valence-electron chi connectivity index (χ2n) is 7.68. The van der Waals surface area contributed by atoms with Crippen LogP contribution >= 0.6 is 0 Å². The molecule has 0 radical (unpaired) electrons. The summed E-state index contributed by atoms with van der Waals surface area (Å²) in [5, 5.41) is 0. The molecule has 1 heterocycles. The summed E-state index contributed by atoms with van der Waals surface area (Å²) >= 11 is 0. The van der Waals surface area contributed by atoms with Crippen molar-refractivity contribution < 1.29 is 14.3 Å². The van der Waals surface area contributed by atoms with E-state index in [2.05, 4.69) is 4.98 Å². The molecule has 0 spiro atoms. The quantitative estimate of drug-likeness (QED) is 0.468. The predicted molar refractivity (Wildman–Crippen MR) is 130 cm³/mol. The first-order chi connectivity index (χ1) is 16.4. The van der Waals surface area contributed by atoms with Crippen molar-refractivity contribution in [2.24, 2.45) is 0 Å². The number of carbonyl (C=O) groups is 2. The number of hydrogen-bond acceptors (Lipinski definition) is 6. The molecule has 1 amide bonds. The molecule has 0 aliphatic carbocycles. The van der Waals surface area contributed by atoms with E-state index in [0.717, 1.165) is 16.0 Å². The summed E-state index contributed by atoms with van der Waals surface area (Å²) in [6, 6.07) is 18.3. The minimum Gasteiger partial charge on any atom is -0.455 e. The zero-order valence-corrected chi connectivity index (χ0v) is 19.2. The van der Waals surface area contributed by atoms with Crippen LogP contribution in [0.1, 0.15) is 37.3 Å². The number of aromatic amines is 1. The van der Waals surface area contributed by atoms with Crippen LogP contribution in [-0.4, -0.2) is 34.6 Å². The average molecular weight is 465 g/mol. The number of ether oxygens (including phenoxy) is 1. The Morgan fingerprint density at radius 1 is 1.03 bits per heavy atom. The van der Waals surface area contributed by atoms with Gasteiger partial charge in [-0.1, -0.05) is 67.6 Å². The Bertz CT molecular complexity index is 1250. The lowest BCUT2D eigenvalue weighted by Crippen LogP contribution is -2.42. The van der Waals surface area contributed by atoms with Crippen LogP contribution in [0.5, 0.6) is 0 Å². The van der Waals surface area contributed by atoms with Gasteiger partial charge in [0.2, 0.25) is 0 Å². The highest BCUT2D eigenvalue weighted by atomic mass is 16.5. The molecule has 0 saturated carbocycles. The zero-order chi connectivity index (χ0) is 24.7. The number of esters is 1. The molecule has 0 fully saturated rings. The fraction of sp³-hybridized carbons (Fsp3) is 0.280. The minimum atomic E-state index is -0.788. The number of likely N-dealkylation sites (N-methyl/N-ethyl adjacent to an activating group) is 1. The maximum Gasteiger partial charge on any atom is 0.330 e. The Morgan fingerprint density at radius 3 is 2.24 bits per heavy atom. The van der Waals surface area contributed by atoms with Crippen LogP contribution in [0.25, 0.3) is 0 Å². The van der Waals surface area contributed by atoms with Crippen molar-refractivity contribution in [3.63, 3.8) is 0 Å². The van der Waals surface area contributed by atoms with E-state index in [1.165, 1.54) is 4.57 Å². The van der Waals surface area contributed by atoms with Gasteiger partial charge in [-0.25, -0.2) is 4.79 Å². The van der Waals surface area contributed by atoms with E-state index in [1.807, 2.05) is 67.6 Å². The lowest BCUT2D eigenvalue weighted by molar-refractivity contribution is -0.149. The zero-order valence-electron chi connectivity index (χ0n) is 19.2. The van der Waals surface area contributed by atoms with Gasteiger partial charge in [0.05, 0.1) is 12.5 Å². The SMILES string of the molecule is CC[C@@H](C(=O)OCC(=O)N(CC)c1c(N)n(Cc2ccccc2)c(=O)[nH]c1=O)c1ccccc1. The maximum absolute atomic E-state index is 12.9. The van der Waals surface area contributed by atoms with E-state index in [9.17, 15) is 19.2 Å². The number of H-pyrrole nitrogens is 1. The fourth-order valence-electron chi connectivity index (χ4n) is 3.76. The smallest absolute Gasteiger partial charge is 0.330 e. The van der Waals surface area contributed by atoms with Gasteiger partial charge in [-0.15, -0.1) is 0 Å². The molecule has 9 nitrogen and oxygen atoms in total. The molecule has 0 aliphatic rings. The molecule has 1 atom stereocenters. The van der Waals surface area contributed by atoms with Crippen LogP contribution in [0, 0.1) is 0 Å². The number of aromatic nitrogens is 2. The number of nitrogens with two attached hydrogens (primary N) is 1. The van der Waals surface area contributed by atoms with Crippen molar-refractivity contribution in [3.05, 3.63) is 92.6 Å².